The molecule has 0 saturated heterocycles. The highest BCUT2D eigenvalue weighted by molar-refractivity contribution is 9.10. The molecule has 0 fully saturated rings. The zero-order valence-corrected chi connectivity index (χ0v) is 15.8. The van der Waals surface area contributed by atoms with Crippen molar-refractivity contribution in [3.63, 3.8) is 0 Å². The van der Waals surface area contributed by atoms with Gasteiger partial charge in [0.2, 0.25) is 0 Å². The summed E-state index contributed by atoms with van der Waals surface area (Å²) >= 11 is 5.03. The van der Waals surface area contributed by atoms with Crippen molar-refractivity contribution in [2.24, 2.45) is 0 Å². The summed E-state index contributed by atoms with van der Waals surface area (Å²) in [6, 6.07) is 15.0. The Labute approximate surface area is 161 Å². The van der Waals surface area contributed by atoms with Crippen LogP contribution in [0.5, 0.6) is 0 Å². The van der Waals surface area contributed by atoms with Crippen molar-refractivity contribution in [1.82, 2.24) is 14.9 Å². The van der Waals surface area contributed by atoms with Crippen LogP contribution in [0.25, 0.3) is 11.3 Å². The summed E-state index contributed by atoms with van der Waals surface area (Å²) in [6.45, 7) is 0.600. The van der Waals surface area contributed by atoms with Crippen molar-refractivity contribution in [2.75, 3.05) is 5.32 Å². The van der Waals surface area contributed by atoms with E-state index in [-0.39, 0.29) is 11.6 Å². The average Bonchev–Trinajstić information content (AvgIpc) is 3.38. The molecule has 4 aromatic rings. The van der Waals surface area contributed by atoms with Gasteiger partial charge in [0.15, 0.2) is 11.5 Å². The molecule has 3 heterocycles. The highest BCUT2D eigenvalue weighted by atomic mass is 79.9. The number of hydrogen-bond acceptors (Lipinski definition) is 5. The summed E-state index contributed by atoms with van der Waals surface area (Å²) in [7, 11) is 0. The largest absolute Gasteiger partial charge is 0.355 e. The fraction of sp³-hybridized carbons (Fsp3) is 0.0556. The number of hydrogen-bond donors (Lipinski definition) is 1. The summed E-state index contributed by atoms with van der Waals surface area (Å²) < 4.78 is 8.01. The van der Waals surface area contributed by atoms with E-state index in [1.807, 2.05) is 41.8 Å². The molecule has 0 aliphatic heterocycles. The molecule has 8 heteroatoms. The molecule has 6 nitrogen and oxygen atoms in total. The molecule has 3 aromatic heterocycles. The highest BCUT2D eigenvalue weighted by Crippen LogP contribution is 2.23. The molecule has 0 spiro atoms. The summed E-state index contributed by atoms with van der Waals surface area (Å²) in [4.78, 5) is 13.6. The Morgan fingerprint density at radius 1 is 1.23 bits per heavy atom. The molecule has 1 N–H and O–H groups in total. The molecule has 0 aliphatic rings. The lowest BCUT2D eigenvalue weighted by Crippen LogP contribution is -2.16. The zero-order valence-electron chi connectivity index (χ0n) is 13.4. The van der Waals surface area contributed by atoms with Gasteiger partial charge in [0, 0.05) is 27.0 Å². The maximum atomic E-state index is 12.5. The van der Waals surface area contributed by atoms with E-state index in [1.54, 1.807) is 34.3 Å². The van der Waals surface area contributed by atoms with Gasteiger partial charge in [-0.05, 0) is 23.6 Å². The van der Waals surface area contributed by atoms with Crippen LogP contribution in [0.15, 0.2) is 69.1 Å². The topological polar surface area (TPSA) is 73.0 Å². The SMILES string of the molecule is O=C(Nc1ccnn1Cc1cccs1)c1cc(-c2ccc(Br)cc2)on1. The van der Waals surface area contributed by atoms with E-state index in [0.717, 1.165) is 14.9 Å². The van der Waals surface area contributed by atoms with Gasteiger partial charge in [0.25, 0.3) is 5.91 Å². The second-order valence-corrected chi connectivity index (χ2v) is 7.44. The van der Waals surface area contributed by atoms with Crippen LogP contribution in [-0.4, -0.2) is 20.8 Å². The Kier molecular flexibility index (Phi) is 4.68. The van der Waals surface area contributed by atoms with Crippen LogP contribution in [-0.2, 0) is 6.54 Å². The van der Waals surface area contributed by atoms with Crippen LogP contribution in [0, 0.1) is 0 Å². The lowest BCUT2D eigenvalue weighted by molar-refractivity contribution is 0.101. The van der Waals surface area contributed by atoms with Crippen molar-refractivity contribution >= 4 is 39.0 Å². The highest BCUT2D eigenvalue weighted by Gasteiger charge is 2.16. The smallest absolute Gasteiger partial charge is 0.279 e. The number of benzene rings is 1. The van der Waals surface area contributed by atoms with E-state index in [2.05, 4.69) is 31.5 Å². The van der Waals surface area contributed by atoms with Gasteiger partial charge in [-0.3, -0.25) is 4.79 Å². The van der Waals surface area contributed by atoms with Crippen molar-refractivity contribution in [3.05, 3.63) is 75.2 Å². The first-order chi connectivity index (χ1) is 12.7. The fourth-order valence-electron chi connectivity index (χ4n) is 2.43. The van der Waals surface area contributed by atoms with Crippen LogP contribution >= 0.6 is 27.3 Å². The molecular formula is C18H13BrN4O2S. The molecule has 0 saturated carbocycles. The molecule has 4 rings (SSSR count). The quantitative estimate of drug-likeness (QED) is 0.501. The second-order valence-electron chi connectivity index (χ2n) is 5.49. The molecule has 0 unspecified atom stereocenters. The van der Waals surface area contributed by atoms with E-state index < -0.39 is 0 Å². The molecule has 0 radical (unpaired) electrons. The number of thiophene rings is 1. The minimum Gasteiger partial charge on any atom is -0.355 e. The van der Waals surface area contributed by atoms with Gasteiger partial charge in [0.1, 0.15) is 5.82 Å². The Balaban J connectivity index is 1.49. The number of rotatable bonds is 5. The first-order valence-electron chi connectivity index (χ1n) is 7.77. The Bertz CT molecular complexity index is 1020. The second kappa shape index (κ2) is 7.27. The minimum absolute atomic E-state index is 0.215. The number of halogens is 1. The van der Waals surface area contributed by atoms with Gasteiger partial charge < -0.3 is 9.84 Å². The van der Waals surface area contributed by atoms with Crippen LogP contribution in [0.4, 0.5) is 5.82 Å². The van der Waals surface area contributed by atoms with Gasteiger partial charge in [-0.2, -0.15) is 5.10 Å². The number of carbonyl (C=O) groups excluding carboxylic acids is 1. The fourth-order valence-corrected chi connectivity index (χ4v) is 3.38. The molecule has 0 aliphatic carbocycles. The molecule has 1 amide bonds. The number of carbonyl (C=O) groups is 1. The first kappa shape index (κ1) is 16.7. The van der Waals surface area contributed by atoms with Gasteiger partial charge >= 0.3 is 0 Å². The number of anilines is 1. The lowest BCUT2D eigenvalue weighted by Gasteiger charge is -2.06. The van der Waals surface area contributed by atoms with Crippen molar-refractivity contribution in [3.8, 4) is 11.3 Å². The van der Waals surface area contributed by atoms with E-state index in [0.29, 0.717) is 18.1 Å². The Hall–Kier alpha value is -2.71. The minimum atomic E-state index is -0.343. The summed E-state index contributed by atoms with van der Waals surface area (Å²) in [5.41, 5.74) is 1.06. The lowest BCUT2D eigenvalue weighted by atomic mass is 10.1. The van der Waals surface area contributed by atoms with E-state index in [4.69, 9.17) is 4.52 Å². The van der Waals surface area contributed by atoms with E-state index in [9.17, 15) is 4.79 Å². The van der Waals surface area contributed by atoms with Crippen molar-refractivity contribution < 1.29 is 9.32 Å². The molecule has 0 bridgehead atoms. The average molecular weight is 429 g/mol. The first-order valence-corrected chi connectivity index (χ1v) is 9.44. The van der Waals surface area contributed by atoms with Gasteiger partial charge in [-0.1, -0.05) is 39.3 Å². The van der Waals surface area contributed by atoms with Crippen molar-refractivity contribution in [1.29, 1.82) is 0 Å². The predicted molar refractivity (Wildman–Crippen MR) is 103 cm³/mol. The Morgan fingerprint density at radius 3 is 2.85 bits per heavy atom. The maximum absolute atomic E-state index is 12.5. The summed E-state index contributed by atoms with van der Waals surface area (Å²) in [5, 5.41) is 13.0. The molecule has 1 aromatic carbocycles. The summed E-state index contributed by atoms with van der Waals surface area (Å²) in [5.74, 6) is 0.802. The van der Waals surface area contributed by atoms with Gasteiger partial charge in [-0.15, -0.1) is 11.3 Å². The van der Waals surface area contributed by atoms with Crippen molar-refractivity contribution in [2.45, 2.75) is 6.54 Å². The zero-order chi connectivity index (χ0) is 17.9. The number of aromatic nitrogens is 3. The van der Waals surface area contributed by atoms with Gasteiger partial charge in [0.05, 0.1) is 12.7 Å². The third-order valence-electron chi connectivity index (χ3n) is 3.72. The Morgan fingerprint density at radius 2 is 2.08 bits per heavy atom. The predicted octanol–water partition coefficient (Wildman–Crippen LogP) is 4.66. The van der Waals surface area contributed by atoms with E-state index in [1.165, 1.54) is 0 Å². The number of nitrogens with zero attached hydrogens (tertiary/aromatic N) is 3. The third-order valence-corrected chi connectivity index (χ3v) is 5.11. The number of amides is 1. The summed E-state index contributed by atoms with van der Waals surface area (Å²) in [6.07, 6.45) is 1.65. The number of nitrogens with one attached hydrogen (secondary N) is 1. The molecule has 130 valence electrons. The van der Waals surface area contributed by atoms with Crippen LogP contribution in [0.3, 0.4) is 0 Å². The third kappa shape index (κ3) is 3.61. The van der Waals surface area contributed by atoms with E-state index >= 15 is 0 Å². The molecular weight excluding hydrogens is 416 g/mol. The van der Waals surface area contributed by atoms with Crippen LogP contribution in [0.1, 0.15) is 15.4 Å². The normalized spacial score (nSPS) is 10.8. The van der Waals surface area contributed by atoms with Crippen LogP contribution in [0.2, 0.25) is 0 Å². The monoisotopic (exact) mass is 428 g/mol. The molecule has 26 heavy (non-hydrogen) atoms. The standard InChI is InChI=1S/C18H13BrN4O2S/c19-13-5-3-12(4-6-13)16-10-15(22-25-16)18(24)21-17-7-8-20-23(17)11-14-2-1-9-26-14/h1-10H,11H2,(H,21,24). The van der Waals surface area contributed by atoms with Gasteiger partial charge in [-0.25, -0.2) is 4.68 Å². The molecule has 0 atom stereocenters. The maximum Gasteiger partial charge on any atom is 0.279 e. The van der Waals surface area contributed by atoms with Crippen LogP contribution < -0.4 is 5.32 Å².